The van der Waals surface area contributed by atoms with Crippen LogP contribution in [-0.2, 0) is 9.63 Å². The van der Waals surface area contributed by atoms with E-state index in [4.69, 9.17) is 4.84 Å². The van der Waals surface area contributed by atoms with Gasteiger partial charge in [0.15, 0.2) is 0 Å². The van der Waals surface area contributed by atoms with Gasteiger partial charge in [-0.3, -0.25) is 14.4 Å². The lowest BCUT2D eigenvalue weighted by molar-refractivity contribution is -0.172. The number of amides is 2. The van der Waals surface area contributed by atoms with Crippen molar-refractivity contribution in [1.29, 1.82) is 0 Å². The van der Waals surface area contributed by atoms with Crippen molar-refractivity contribution in [1.82, 2.24) is 9.96 Å². The minimum Gasteiger partial charge on any atom is -0.329 e. The molecule has 2 heterocycles. The zero-order valence-corrected chi connectivity index (χ0v) is 16.3. The fourth-order valence-corrected chi connectivity index (χ4v) is 4.39. The number of nitrogens with zero attached hydrogens (tertiary/aromatic N) is 2. The lowest BCUT2D eigenvalue weighted by Crippen LogP contribution is -2.48. The van der Waals surface area contributed by atoms with Crippen LogP contribution in [0, 0.1) is 5.92 Å². The summed E-state index contributed by atoms with van der Waals surface area (Å²) in [4.78, 5) is 34.5. The fraction of sp³-hybridized carbons (Fsp3) is 0.400. The Balaban J connectivity index is 2.19. The predicted molar refractivity (Wildman–Crippen MR) is 102 cm³/mol. The number of hydroxylamine groups is 2. The first-order valence-corrected chi connectivity index (χ1v) is 9.58. The minimum atomic E-state index is -0.494. The van der Waals surface area contributed by atoms with Crippen LogP contribution in [0.4, 0.5) is 0 Å². The van der Waals surface area contributed by atoms with E-state index in [1.54, 1.807) is 18.4 Å². The quantitative estimate of drug-likeness (QED) is 0.752. The number of hydrogen-bond acceptors (Lipinski definition) is 4. The van der Waals surface area contributed by atoms with Crippen molar-refractivity contribution >= 4 is 23.2 Å². The number of thiophene rings is 1. The Hall–Kier alpha value is -2.18. The zero-order chi connectivity index (χ0) is 18.8. The molecule has 6 heteroatoms. The summed E-state index contributed by atoms with van der Waals surface area (Å²) in [6, 6.07) is 11.0. The second-order valence-corrected chi connectivity index (χ2v) is 7.87. The standard InChI is InChI=1S/C20H24N2O3S/c1-13(2)12-22-18(16-10-7-11-26-16)17(20(24)21(3)25-4)14-8-5-6-9-15(14)19(22)23/h5-11,13,17-18H,12H2,1-4H3/t17-,18+/m1/s1. The molecule has 0 spiro atoms. The zero-order valence-electron chi connectivity index (χ0n) is 15.5. The van der Waals surface area contributed by atoms with Gasteiger partial charge in [0.05, 0.1) is 19.1 Å². The number of carbonyl (C=O) groups is 2. The molecule has 0 fully saturated rings. The molecule has 0 unspecified atom stereocenters. The summed E-state index contributed by atoms with van der Waals surface area (Å²) in [6.07, 6.45) is 0. The summed E-state index contributed by atoms with van der Waals surface area (Å²) in [5, 5.41) is 3.24. The van der Waals surface area contributed by atoms with E-state index in [-0.39, 0.29) is 17.9 Å². The molecule has 2 atom stereocenters. The average Bonchev–Trinajstić information content (AvgIpc) is 3.16. The van der Waals surface area contributed by atoms with Crippen molar-refractivity contribution < 1.29 is 14.4 Å². The third-order valence-electron chi connectivity index (χ3n) is 4.69. The van der Waals surface area contributed by atoms with Crippen LogP contribution >= 0.6 is 11.3 Å². The Morgan fingerprint density at radius 3 is 2.62 bits per heavy atom. The van der Waals surface area contributed by atoms with Crippen LogP contribution in [-0.4, -0.2) is 42.5 Å². The maximum atomic E-state index is 13.2. The molecule has 3 rings (SSSR count). The largest absolute Gasteiger partial charge is 0.329 e. The van der Waals surface area contributed by atoms with Crippen molar-refractivity contribution in [2.24, 2.45) is 5.92 Å². The van der Waals surface area contributed by atoms with E-state index < -0.39 is 5.92 Å². The van der Waals surface area contributed by atoms with Gasteiger partial charge in [0.2, 0.25) is 0 Å². The predicted octanol–water partition coefficient (Wildman–Crippen LogP) is 3.70. The summed E-state index contributed by atoms with van der Waals surface area (Å²) < 4.78 is 0. The molecule has 1 aromatic heterocycles. The third-order valence-corrected chi connectivity index (χ3v) is 5.63. The molecule has 26 heavy (non-hydrogen) atoms. The molecule has 2 aromatic rings. The fourth-order valence-electron chi connectivity index (χ4n) is 3.52. The average molecular weight is 372 g/mol. The molecule has 0 aliphatic carbocycles. The Bertz CT molecular complexity index is 788. The molecule has 0 saturated heterocycles. The molecule has 1 aromatic carbocycles. The first-order chi connectivity index (χ1) is 12.5. The van der Waals surface area contributed by atoms with Crippen LogP contribution in [0.1, 0.15) is 46.6 Å². The van der Waals surface area contributed by atoms with Crippen LogP contribution in [0.3, 0.4) is 0 Å². The molecule has 1 aliphatic rings. The van der Waals surface area contributed by atoms with E-state index in [0.717, 1.165) is 10.4 Å². The molecular weight excluding hydrogens is 348 g/mol. The van der Waals surface area contributed by atoms with Crippen molar-refractivity contribution in [3.05, 3.63) is 57.8 Å². The van der Waals surface area contributed by atoms with E-state index in [1.807, 2.05) is 46.7 Å². The number of carbonyl (C=O) groups excluding carboxylic acids is 2. The van der Waals surface area contributed by atoms with E-state index >= 15 is 0 Å². The summed E-state index contributed by atoms with van der Waals surface area (Å²) in [6.45, 7) is 4.75. The van der Waals surface area contributed by atoms with Crippen LogP contribution in [0.15, 0.2) is 41.8 Å². The van der Waals surface area contributed by atoms with Crippen LogP contribution in [0.2, 0.25) is 0 Å². The first-order valence-electron chi connectivity index (χ1n) is 8.70. The minimum absolute atomic E-state index is 0.0168. The van der Waals surface area contributed by atoms with Gasteiger partial charge < -0.3 is 4.90 Å². The van der Waals surface area contributed by atoms with E-state index in [9.17, 15) is 9.59 Å². The second-order valence-electron chi connectivity index (χ2n) is 6.89. The molecule has 0 saturated carbocycles. The molecule has 2 amide bonds. The summed E-state index contributed by atoms with van der Waals surface area (Å²) >= 11 is 1.57. The Labute approximate surface area is 158 Å². The van der Waals surface area contributed by atoms with Crippen molar-refractivity contribution in [3.8, 4) is 0 Å². The Kier molecular flexibility index (Phi) is 5.44. The molecule has 138 valence electrons. The third kappa shape index (κ3) is 3.27. The molecule has 0 radical (unpaired) electrons. The van der Waals surface area contributed by atoms with Crippen LogP contribution < -0.4 is 0 Å². The highest BCUT2D eigenvalue weighted by Gasteiger charge is 2.45. The smallest absolute Gasteiger partial charge is 0.255 e. The van der Waals surface area contributed by atoms with Gasteiger partial charge >= 0.3 is 0 Å². The molecule has 1 aliphatic heterocycles. The van der Waals surface area contributed by atoms with E-state index in [2.05, 4.69) is 13.8 Å². The number of hydrogen-bond donors (Lipinski definition) is 0. The number of likely N-dealkylation sites (N-methyl/N-ethyl adjacent to an activating group) is 1. The maximum Gasteiger partial charge on any atom is 0.255 e. The molecule has 0 bridgehead atoms. The van der Waals surface area contributed by atoms with Gasteiger partial charge in [-0.15, -0.1) is 11.3 Å². The second kappa shape index (κ2) is 7.60. The number of rotatable bonds is 5. The van der Waals surface area contributed by atoms with Gasteiger partial charge in [-0.1, -0.05) is 38.1 Å². The molecule has 0 N–H and O–H groups in total. The molecule has 5 nitrogen and oxygen atoms in total. The van der Waals surface area contributed by atoms with Crippen molar-refractivity contribution in [2.75, 3.05) is 20.7 Å². The van der Waals surface area contributed by atoms with Crippen LogP contribution in [0.25, 0.3) is 0 Å². The first kappa shape index (κ1) is 18.6. The lowest BCUT2D eigenvalue weighted by Gasteiger charge is -2.42. The van der Waals surface area contributed by atoms with Gasteiger partial charge in [0.1, 0.15) is 0 Å². The van der Waals surface area contributed by atoms with E-state index in [0.29, 0.717) is 18.0 Å². The van der Waals surface area contributed by atoms with E-state index in [1.165, 1.54) is 12.2 Å². The highest BCUT2D eigenvalue weighted by atomic mass is 32.1. The normalized spacial score (nSPS) is 19.6. The van der Waals surface area contributed by atoms with Gasteiger partial charge in [-0.2, -0.15) is 0 Å². The van der Waals surface area contributed by atoms with Gasteiger partial charge in [-0.05, 0) is 29.0 Å². The number of benzene rings is 1. The molecular formula is C20H24N2O3S. The highest BCUT2D eigenvalue weighted by Crippen LogP contribution is 2.45. The van der Waals surface area contributed by atoms with Crippen molar-refractivity contribution in [3.63, 3.8) is 0 Å². The Morgan fingerprint density at radius 1 is 1.27 bits per heavy atom. The highest BCUT2D eigenvalue weighted by molar-refractivity contribution is 7.10. The summed E-state index contributed by atoms with van der Waals surface area (Å²) in [5.74, 6) is -0.370. The van der Waals surface area contributed by atoms with Gasteiger partial charge in [0, 0.05) is 24.0 Å². The lowest BCUT2D eigenvalue weighted by atomic mass is 9.81. The maximum absolute atomic E-state index is 13.2. The SMILES string of the molecule is CON(C)C(=O)[C@@H]1c2ccccc2C(=O)N(CC(C)C)[C@H]1c1cccs1. The topological polar surface area (TPSA) is 49.9 Å². The Morgan fingerprint density at radius 2 is 2.00 bits per heavy atom. The van der Waals surface area contributed by atoms with Crippen molar-refractivity contribution in [2.45, 2.75) is 25.8 Å². The van der Waals surface area contributed by atoms with Gasteiger partial charge in [0.25, 0.3) is 11.8 Å². The monoisotopic (exact) mass is 372 g/mol. The van der Waals surface area contributed by atoms with Gasteiger partial charge in [-0.25, -0.2) is 5.06 Å². The number of fused-ring (bicyclic) bond motifs is 1. The summed E-state index contributed by atoms with van der Waals surface area (Å²) in [5.41, 5.74) is 1.37. The van der Waals surface area contributed by atoms with Crippen LogP contribution in [0.5, 0.6) is 0 Å². The summed E-state index contributed by atoms with van der Waals surface area (Å²) in [7, 11) is 3.09.